The topological polar surface area (TPSA) is 33.1 Å². The number of rotatable bonds is 11. The molecule has 1 aliphatic rings. The van der Waals surface area contributed by atoms with Crippen molar-refractivity contribution in [1.29, 1.82) is 0 Å². The predicted molar refractivity (Wildman–Crippen MR) is 314 cm³/mol. The SMILES string of the molecule is CC(C)c1cc(-c2ccccc2)cc(C(C)C)c1-c1cc(Oc2ccc3c4ccccc4n(-c4cc(C(C)(C)C)ccn4)c3c2)cc([N+]2=C=[N+](c3c(-c4ccccc4)cccc3-c3cc(F)cc(F)c3)c3ccccc32)c1. The van der Waals surface area contributed by atoms with Crippen LogP contribution in [0.15, 0.2) is 212 Å². The van der Waals surface area contributed by atoms with Crippen molar-refractivity contribution >= 4 is 50.6 Å². The Morgan fingerprint density at radius 2 is 1.10 bits per heavy atom. The summed E-state index contributed by atoms with van der Waals surface area (Å²) in [4.78, 5) is 4.95. The smallest absolute Gasteiger partial charge is 0.457 e. The van der Waals surface area contributed by atoms with E-state index in [4.69, 9.17) is 9.72 Å². The molecule has 0 fully saturated rings. The lowest BCUT2D eigenvalue weighted by atomic mass is 9.82. The van der Waals surface area contributed by atoms with E-state index in [-0.39, 0.29) is 17.3 Å². The number of hydrogen-bond acceptors (Lipinski definition) is 2. The second-order valence-corrected chi connectivity index (χ2v) is 21.7. The van der Waals surface area contributed by atoms with E-state index in [0.29, 0.717) is 22.6 Å². The van der Waals surface area contributed by atoms with E-state index in [1.54, 1.807) is 0 Å². The molecule has 7 heteroatoms. The highest BCUT2D eigenvalue weighted by atomic mass is 19.1. The van der Waals surface area contributed by atoms with Gasteiger partial charge in [-0.3, -0.25) is 4.57 Å². The molecule has 0 saturated carbocycles. The number of pyridine rings is 1. The normalized spacial score (nSPS) is 12.4. The number of nitrogens with zero attached hydrogens (tertiary/aromatic N) is 4. The zero-order valence-corrected chi connectivity index (χ0v) is 44.3. The third kappa shape index (κ3) is 9.13. The number of halogens is 2. The van der Waals surface area contributed by atoms with Crippen LogP contribution in [0.4, 0.5) is 31.5 Å². The fraction of sp³-hybridized carbons (Fsp3) is 0.143. The van der Waals surface area contributed by atoms with Gasteiger partial charge in [0.25, 0.3) is 11.4 Å². The van der Waals surface area contributed by atoms with E-state index in [9.17, 15) is 0 Å². The van der Waals surface area contributed by atoms with E-state index in [1.807, 2.05) is 53.2 Å². The van der Waals surface area contributed by atoms with Crippen LogP contribution in [0.1, 0.15) is 77.0 Å². The maximum Gasteiger partial charge on any atom is 0.503 e. The third-order valence-corrected chi connectivity index (χ3v) is 14.8. The zero-order valence-electron chi connectivity index (χ0n) is 44.3. The summed E-state index contributed by atoms with van der Waals surface area (Å²) in [6.45, 7) is 15.7. The number of fused-ring (bicyclic) bond motifs is 4. The molecule has 376 valence electrons. The third-order valence-electron chi connectivity index (χ3n) is 14.8. The summed E-state index contributed by atoms with van der Waals surface area (Å²) in [5.74, 6) is 1.21. The van der Waals surface area contributed by atoms with Crippen LogP contribution >= 0.6 is 0 Å². The Morgan fingerprint density at radius 1 is 0.494 bits per heavy atom. The van der Waals surface area contributed by atoms with Gasteiger partial charge in [-0.25, -0.2) is 13.8 Å². The van der Waals surface area contributed by atoms with Gasteiger partial charge in [-0.05, 0) is 137 Å². The van der Waals surface area contributed by atoms with E-state index in [1.165, 1.54) is 39.9 Å². The van der Waals surface area contributed by atoms with Gasteiger partial charge in [0.1, 0.15) is 29.0 Å². The minimum absolute atomic E-state index is 0.0732. The molecule has 0 unspecified atom stereocenters. The quantitative estimate of drug-likeness (QED) is 0.121. The molecule has 2 aromatic heterocycles. The summed E-state index contributed by atoms with van der Waals surface area (Å²) in [5.41, 5.74) is 16.3. The van der Waals surface area contributed by atoms with Crippen molar-refractivity contribution in [3.8, 4) is 61.8 Å². The largest absolute Gasteiger partial charge is 0.503 e. The van der Waals surface area contributed by atoms with Crippen molar-refractivity contribution in [2.75, 3.05) is 0 Å². The lowest BCUT2D eigenvalue weighted by Crippen LogP contribution is -2.12. The first kappa shape index (κ1) is 48.9. The molecule has 0 amide bonds. The van der Waals surface area contributed by atoms with Crippen molar-refractivity contribution in [1.82, 2.24) is 18.7 Å². The summed E-state index contributed by atoms with van der Waals surface area (Å²) in [5, 5.41) is 2.23. The first-order valence-corrected chi connectivity index (χ1v) is 26.4. The van der Waals surface area contributed by atoms with Crippen molar-refractivity contribution in [3.63, 3.8) is 0 Å². The number of ether oxygens (including phenoxy) is 1. The molecule has 12 rings (SSSR count). The number of aromatic nitrogens is 2. The van der Waals surface area contributed by atoms with Gasteiger partial charge >= 0.3 is 6.01 Å². The summed E-state index contributed by atoms with van der Waals surface area (Å²) in [7, 11) is 0. The molecule has 3 heterocycles. The molecule has 5 nitrogen and oxygen atoms in total. The lowest BCUT2D eigenvalue weighted by Gasteiger charge is -2.23. The molecule has 77 heavy (non-hydrogen) atoms. The van der Waals surface area contributed by atoms with Crippen LogP contribution in [0.5, 0.6) is 11.5 Å². The Morgan fingerprint density at radius 3 is 1.78 bits per heavy atom. The Kier molecular flexibility index (Phi) is 12.4. The Balaban J connectivity index is 1.11. The Labute approximate surface area is 449 Å². The number of benzene rings is 9. The van der Waals surface area contributed by atoms with Crippen LogP contribution < -0.4 is 13.9 Å². The van der Waals surface area contributed by atoms with Gasteiger partial charge in [0, 0.05) is 47.3 Å². The molecule has 0 N–H and O–H groups in total. The van der Waals surface area contributed by atoms with Gasteiger partial charge in [-0.1, -0.05) is 158 Å². The van der Waals surface area contributed by atoms with Crippen molar-refractivity contribution < 1.29 is 13.5 Å². The molecule has 0 spiro atoms. The second-order valence-electron chi connectivity index (χ2n) is 21.7. The predicted octanol–water partition coefficient (Wildman–Crippen LogP) is 19.3. The number of hydrogen-bond donors (Lipinski definition) is 0. The van der Waals surface area contributed by atoms with E-state index in [2.05, 4.69) is 209 Å². The van der Waals surface area contributed by atoms with Crippen LogP contribution in [0, 0.1) is 11.6 Å². The lowest BCUT2D eigenvalue weighted by molar-refractivity contribution is 0.483. The van der Waals surface area contributed by atoms with Gasteiger partial charge in [0.2, 0.25) is 11.4 Å². The summed E-state index contributed by atoms with van der Waals surface area (Å²) in [6.07, 6.45) is 1.90. The highest BCUT2D eigenvalue weighted by Crippen LogP contribution is 2.48. The van der Waals surface area contributed by atoms with E-state index >= 15 is 8.78 Å². The molecule has 0 atom stereocenters. The molecule has 9 aromatic carbocycles. The molecular formula is C70H58F2N4O+2. The highest BCUT2D eigenvalue weighted by Gasteiger charge is 2.40. The summed E-state index contributed by atoms with van der Waals surface area (Å²) >= 11 is 0. The zero-order chi connectivity index (χ0) is 53.1. The Hall–Kier alpha value is -9.03. The van der Waals surface area contributed by atoms with Crippen LogP contribution in [-0.2, 0) is 5.41 Å². The van der Waals surface area contributed by atoms with Gasteiger partial charge < -0.3 is 4.74 Å². The molecule has 0 radical (unpaired) electrons. The minimum atomic E-state index is -0.651. The van der Waals surface area contributed by atoms with Gasteiger partial charge in [-0.2, -0.15) is 0 Å². The Bertz CT molecular complexity index is 4130. The monoisotopic (exact) mass is 1010 g/mol. The summed E-state index contributed by atoms with van der Waals surface area (Å²) < 4.78 is 43.9. The molecule has 1 aliphatic heterocycles. The first-order chi connectivity index (χ1) is 37.3. The van der Waals surface area contributed by atoms with Crippen LogP contribution in [0.3, 0.4) is 0 Å². The highest BCUT2D eigenvalue weighted by molar-refractivity contribution is 6.09. The van der Waals surface area contributed by atoms with Gasteiger partial charge in [0.05, 0.1) is 28.2 Å². The molecule has 11 aromatic rings. The average molecular weight is 1010 g/mol. The first-order valence-electron chi connectivity index (χ1n) is 26.4. The van der Waals surface area contributed by atoms with Crippen molar-refractivity contribution in [3.05, 3.63) is 241 Å². The van der Waals surface area contributed by atoms with Crippen LogP contribution in [-0.4, -0.2) is 15.6 Å². The molecule has 0 aliphatic carbocycles. The standard InChI is InChI=1S/C70H58F2N4O/c1-44(2)61-37-48(46-19-10-8-11-20-46)38-62(45(3)4)68(61)50-35-54(41-56(36-50)77-55-29-30-60-59-23-14-15-26-63(59)76(66(60)42-55)67-39-51(31-32-73-67)70(5,6)7)74-43-75(65-28-17-16-27-64(65)74)69-57(47-21-12-9-13-22-47)24-18-25-58(69)49-33-52(71)40-53(72)34-49/h8-42,44-45H,1-7H3/q+2. The van der Waals surface area contributed by atoms with E-state index in [0.717, 1.165) is 78.7 Å². The summed E-state index contributed by atoms with van der Waals surface area (Å²) in [6, 6.07) is 72.6. The minimum Gasteiger partial charge on any atom is -0.457 e. The number of para-hydroxylation sites is 4. The maximum absolute atomic E-state index is 15.2. The molecule has 0 bridgehead atoms. The fourth-order valence-corrected chi connectivity index (χ4v) is 11.0. The second kappa shape index (κ2) is 19.6. The van der Waals surface area contributed by atoms with E-state index < -0.39 is 11.6 Å². The van der Waals surface area contributed by atoms with Gasteiger partial charge in [0.15, 0.2) is 0 Å². The maximum atomic E-state index is 15.2. The van der Waals surface area contributed by atoms with Crippen LogP contribution in [0.25, 0.3) is 72.1 Å². The van der Waals surface area contributed by atoms with Crippen LogP contribution in [0.2, 0.25) is 0 Å². The van der Waals surface area contributed by atoms with Gasteiger partial charge in [-0.15, -0.1) is 0 Å². The van der Waals surface area contributed by atoms with Crippen molar-refractivity contribution in [2.45, 2.75) is 65.7 Å². The molecular weight excluding hydrogens is 951 g/mol. The molecule has 0 saturated heterocycles. The average Bonchev–Trinajstić information content (AvgIpc) is 4.05. The van der Waals surface area contributed by atoms with Crippen molar-refractivity contribution in [2.24, 2.45) is 0 Å². The fourth-order valence-electron chi connectivity index (χ4n) is 11.0.